The highest BCUT2D eigenvalue weighted by Crippen LogP contribution is 2.28. The van der Waals surface area contributed by atoms with Crippen LogP contribution in [-0.4, -0.2) is 15.0 Å². The zero-order chi connectivity index (χ0) is 13.9. The van der Waals surface area contributed by atoms with E-state index in [9.17, 15) is 8.42 Å². The number of aryl methyl sites for hydroxylation is 1. The zero-order valence-corrected chi connectivity index (χ0v) is 11.6. The van der Waals surface area contributed by atoms with Gasteiger partial charge in [-0.1, -0.05) is 48.0 Å². The third-order valence-electron chi connectivity index (χ3n) is 3.07. The molecule has 3 nitrogen and oxygen atoms in total. The van der Waals surface area contributed by atoms with Crippen molar-refractivity contribution in [2.75, 3.05) is 6.54 Å². The second kappa shape index (κ2) is 5.55. The number of sulfone groups is 1. The van der Waals surface area contributed by atoms with Gasteiger partial charge in [-0.15, -0.1) is 0 Å². The van der Waals surface area contributed by atoms with Crippen molar-refractivity contribution >= 4 is 9.84 Å². The molecule has 2 N–H and O–H groups in total. The van der Waals surface area contributed by atoms with Crippen LogP contribution >= 0.6 is 0 Å². The van der Waals surface area contributed by atoms with Gasteiger partial charge in [0.15, 0.2) is 9.84 Å². The first-order valence-corrected chi connectivity index (χ1v) is 7.66. The number of rotatable bonds is 4. The Bertz CT molecular complexity index is 651. The van der Waals surface area contributed by atoms with Crippen molar-refractivity contribution in [1.82, 2.24) is 0 Å². The predicted octanol–water partition coefficient (Wildman–Crippen LogP) is 2.47. The van der Waals surface area contributed by atoms with E-state index in [1.807, 2.05) is 31.2 Å². The van der Waals surface area contributed by atoms with E-state index >= 15 is 0 Å². The summed E-state index contributed by atoms with van der Waals surface area (Å²) in [6.45, 7) is 2.01. The molecule has 0 aliphatic rings. The second-order valence-corrected chi connectivity index (χ2v) is 6.63. The van der Waals surface area contributed by atoms with Gasteiger partial charge in [-0.25, -0.2) is 8.42 Å². The summed E-state index contributed by atoms with van der Waals surface area (Å²) in [5, 5.41) is -0.699. The molecule has 0 spiro atoms. The van der Waals surface area contributed by atoms with E-state index in [0.717, 1.165) is 11.1 Å². The van der Waals surface area contributed by atoms with Crippen molar-refractivity contribution in [3.63, 3.8) is 0 Å². The molecule has 0 aliphatic heterocycles. The summed E-state index contributed by atoms with van der Waals surface area (Å²) in [4.78, 5) is 0.312. The van der Waals surface area contributed by atoms with Crippen LogP contribution < -0.4 is 5.73 Å². The van der Waals surface area contributed by atoms with Crippen LogP contribution in [0.5, 0.6) is 0 Å². The van der Waals surface area contributed by atoms with Gasteiger partial charge in [-0.2, -0.15) is 0 Å². The molecule has 0 aromatic heterocycles. The highest BCUT2D eigenvalue weighted by atomic mass is 32.2. The lowest BCUT2D eigenvalue weighted by Gasteiger charge is -2.16. The Kier molecular flexibility index (Phi) is 4.02. The van der Waals surface area contributed by atoms with Crippen LogP contribution in [0.25, 0.3) is 0 Å². The zero-order valence-electron chi connectivity index (χ0n) is 10.8. The number of benzene rings is 2. The Labute approximate surface area is 114 Å². The summed E-state index contributed by atoms with van der Waals surface area (Å²) in [5.41, 5.74) is 7.47. The van der Waals surface area contributed by atoms with Gasteiger partial charge < -0.3 is 5.73 Å². The van der Waals surface area contributed by atoms with Gasteiger partial charge in [0.05, 0.1) is 4.90 Å². The Morgan fingerprint density at radius 3 is 2.32 bits per heavy atom. The van der Waals surface area contributed by atoms with E-state index in [1.54, 1.807) is 30.3 Å². The summed E-state index contributed by atoms with van der Waals surface area (Å²) in [7, 11) is -3.45. The lowest BCUT2D eigenvalue weighted by atomic mass is 10.1. The SMILES string of the molecule is Cc1cccc(C(CN)S(=O)(=O)c2ccccc2)c1. The van der Waals surface area contributed by atoms with E-state index < -0.39 is 15.1 Å². The lowest BCUT2D eigenvalue weighted by molar-refractivity contribution is 0.582. The fraction of sp³-hybridized carbons (Fsp3) is 0.200. The van der Waals surface area contributed by atoms with E-state index in [1.165, 1.54) is 0 Å². The summed E-state index contributed by atoms with van der Waals surface area (Å²) in [6, 6.07) is 15.9. The smallest absolute Gasteiger partial charge is 0.186 e. The van der Waals surface area contributed by atoms with Crippen LogP contribution in [0.1, 0.15) is 16.4 Å². The third-order valence-corrected chi connectivity index (χ3v) is 5.22. The topological polar surface area (TPSA) is 60.2 Å². The Morgan fingerprint density at radius 1 is 1.05 bits per heavy atom. The predicted molar refractivity (Wildman–Crippen MR) is 76.6 cm³/mol. The van der Waals surface area contributed by atoms with Gasteiger partial charge in [0.25, 0.3) is 0 Å². The molecule has 0 heterocycles. The molecule has 0 amide bonds. The fourth-order valence-electron chi connectivity index (χ4n) is 2.09. The quantitative estimate of drug-likeness (QED) is 0.932. The summed E-state index contributed by atoms with van der Waals surface area (Å²) < 4.78 is 25.2. The number of hydrogen-bond donors (Lipinski definition) is 1. The minimum absolute atomic E-state index is 0.0701. The second-order valence-electron chi connectivity index (χ2n) is 4.50. The summed E-state index contributed by atoms with van der Waals surface area (Å²) in [6.07, 6.45) is 0. The summed E-state index contributed by atoms with van der Waals surface area (Å²) in [5.74, 6) is 0. The highest BCUT2D eigenvalue weighted by molar-refractivity contribution is 7.91. The summed E-state index contributed by atoms with van der Waals surface area (Å²) >= 11 is 0. The Hall–Kier alpha value is -1.65. The molecule has 19 heavy (non-hydrogen) atoms. The van der Waals surface area contributed by atoms with Crippen molar-refractivity contribution in [2.45, 2.75) is 17.1 Å². The minimum atomic E-state index is -3.45. The van der Waals surface area contributed by atoms with Crippen LogP contribution in [-0.2, 0) is 9.84 Å². The van der Waals surface area contributed by atoms with Gasteiger partial charge >= 0.3 is 0 Å². The van der Waals surface area contributed by atoms with Crippen molar-refractivity contribution in [2.24, 2.45) is 5.73 Å². The molecule has 0 radical (unpaired) electrons. The molecule has 1 atom stereocenters. The maximum Gasteiger partial charge on any atom is 0.186 e. The number of nitrogens with two attached hydrogens (primary N) is 1. The molecule has 1 unspecified atom stereocenters. The van der Waals surface area contributed by atoms with E-state index in [4.69, 9.17) is 5.73 Å². The molecule has 2 aromatic carbocycles. The Morgan fingerprint density at radius 2 is 1.74 bits per heavy atom. The maximum atomic E-state index is 12.6. The van der Waals surface area contributed by atoms with Crippen LogP contribution in [0, 0.1) is 6.92 Å². The van der Waals surface area contributed by atoms with Crippen LogP contribution in [0.15, 0.2) is 59.5 Å². The average Bonchev–Trinajstić information content (AvgIpc) is 2.40. The monoisotopic (exact) mass is 275 g/mol. The van der Waals surface area contributed by atoms with E-state index in [0.29, 0.717) is 4.90 Å². The highest BCUT2D eigenvalue weighted by Gasteiger charge is 2.27. The van der Waals surface area contributed by atoms with E-state index in [2.05, 4.69) is 0 Å². The lowest BCUT2D eigenvalue weighted by Crippen LogP contribution is -2.22. The van der Waals surface area contributed by atoms with Gasteiger partial charge in [-0.3, -0.25) is 0 Å². The standard InChI is InChI=1S/C15H17NO2S/c1-12-6-5-7-13(10-12)15(11-16)19(17,18)14-8-3-2-4-9-14/h2-10,15H,11,16H2,1H3. The average molecular weight is 275 g/mol. The van der Waals surface area contributed by atoms with Crippen LogP contribution in [0.4, 0.5) is 0 Å². The first kappa shape index (κ1) is 13.8. The molecular weight excluding hydrogens is 258 g/mol. The molecule has 4 heteroatoms. The molecular formula is C15H17NO2S. The van der Waals surface area contributed by atoms with Crippen molar-refractivity contribution in [1.29, 1.82) is 0 Å². The molecule has 0 saturated heterocycles. The number of hydrogen-bond acceptors (Lipinski definition) is 3. The van der Waals surface area contributed by atoms with Crippen molar-refractivity contribution in [3.8, 4) is 0 Å². The molecule has 0 aliphatic carbocycles. The minimum Gasteiger partial charge on any atom is -0.329 e. The largest absolute Gasteiger partial charge is 0.329 e. The molecule has 0 bridgehead atoms. The molecule has 0 fully saturated rings. The van der Waals surface area contributed by atoms with Gasteiger partial charge in [-0.05, 0) is 24.6 Å². The van der Waals surface area contributed by atoms with E-state index in [-0.39, 0.29) is 6.54 Å². The molecule has 2 aromatic rings. The van der Waals surface area contributed by atoms with Crippen LogP contribution in [0.3, 0.4) is 0 Å². The molecule has 100 valence electrons. The molecule has 0 saturated carbocycles. The van der Waals surface area contributed by atoms with Crippen molar-refractivity contribution < 1.29 is 8.42 Å². The normalized spacial score (nSPS) is 13.2. The van der Waals surface area contributed by atoms with Gasteiger partial charge in [0.1, 0.15) is 5.25 Å². The first-order valence-electron chi connectivity index (χ1n) is 6.11. The third kappa shape index (κ3) is 2.85. The fourth-order valence-corrected chi connectivity index (χ4v) is 3.71. The van der Waals surface area contributed by atoms with Gasteiger partial charge in [0.2, 0.25) is 0 Å². The van der Waals surface area contributed by atoms with Crippen LogP contribution in [0.2, 0.25) is 0 Å². The maximum absolute atomic E-state index is 12.6. The Balaban J connectivity index is 2.48. The molecule has 2 rings (SSSR count). The van der Waals surface area contributed by atoms with Crippen molar-refractivity contribution in [3.05, 3.63) is 65.7 Å². The first-order chi connectivity index (χ1) is 9.05. The van der Waals surface area contributed by atoms with Gasteiger partial charge in [0, 0.05) is 6.54 Å².